The monoisotopic (exact) mass is 481 g/mol. The standard InChI is InChI=1S/C30H31N3O3/c1-19-7-6-8-20(2)33(19)18-21-11-14-24(15-12-21)31-28(22-9-4-3-5-10-22)27-25-16-13-23(30(35)36)17-26(25)32-29(27)34/h3-5,9-17,19-20,31H,6-8,18H2,1-2H3,(H,32,34)(H,35,36). The Bertz CT molecular complexity index is 1310. The van der Waals surface area contributed by atoms with Crippen LogP contribution in [-0.4, -0.2) is 34.0 Å². The molecule has 0 saturated carbocycles. The first-order valence-electron chi connectivity index (χ1n) is 12.5. The molecule has 1 amide bonds. The number of hydrogen-bond acceptors (Lipinski definition) is 4. The van der Waals surface area contributed by atoms with Crippen molar-refractivity contribution in [1.82, 2.24) is 4.90 Å². The Labute approximate surface area is 211 Å². The summed E-state index contributed by atoms with van der Waals surface area (Å²) in [5, 5.41) is 15.7. The van der Waals surface area contributed by atoms with Gasteiger partial charge in [-0.25, -0.2) is 4.79 Å². The second-order valence-corrected chi connectivity index (χ2v) is 9.76. The summed E-state index contributed by atoms with van der Waals surface area (Å²) in [5.41, 5.74) is 5.52. The molecule has 2 unspecified atom stereocenters. The summed E-state index contributed by atoms with van der Waals surface area (Å²) in [7, 11) is 0. The SMILES string of the molecule is CC1CCCC(C)N1Cc1ccc(NC(=C2C(=O)Nc3cc(C(=O)O)ccc32)c2ccccc2)cc1. The highest BCUT2D eigenvalue weighted by molar-refractivity contribution is 6.37. The van der Waals surface area contributed by atoms with Gasteiger partial charge in [0.2, 0.25) is 0 Å². The summed E-state index contributed by atoms with van der Waals surface area (Å²) < 4.78 is 0. The molecule has 2 atom stereocenters. The molecule has 2 heterocycles. The second-order valence-electron chi connectivity index (χ2n) is 9.76. The van der Waals surface area contributed by atoms with Gasteiger partial charge in [-0.1, -0.05) is 55.0 Å². The van der Waals surface area contributed by atoms with Crippen LogP contribution in [0.3, 0.4) is 0 Å². The number of rotatable bonds is 6. The maximum Gasteiger partial charge on any atom is 0.335 e. The Morgan fingerprint density at radius 3 is 2.33 bits per heavy atom. The van der Waals surface area contributed by atoms with Crippen molar-refractivity contribution in [1.29, 1.82) is 0 Å². The van der Waals surface area contributed by atoms with E-state index in [-0.39, 0.29) is 11.5 Å². The van der Waals surface area contributed by atoms with Crippen LogP contribution in [0.4, 0.5) is 11.4 Å². The Hall–Kier alpha value is -3.90. The summed E-state index contributed by atoms with van der Waals surface area (Å²) in [4.78, 5) is 27.1. The minimum Gasteiger partial charge on any atom is -0.478 e. The van der Waals surface area contributed by atoms with E-state index in [1.54, 1.807) is 6.07 Å². The molecular formula is C30H31N3O3. The summed E-state index contributed by atoms with van der Waals surface area (Å²) in [6.07, 6.45) is 3.79. The van der Waals surface area contributed by atoms with Gasteiger partial charge in [-0.2, -0.15) is 0 Å². The first-order chi connectivity index (χ1) is 17.4. The first kappa shape index (κ1) is 23.8. The van der Waals surface area contributed by atoms with Gasteiger partial charge in [-0.05, 0) is 62.1 Å². The molecule has 0 aliphatic carbocycles. The van der Waals surface area contributed by atoms with Crippen molar-refractivity contribution in [2.45, 2.75) is 51.7 Å². The number of nitrogens with one attached hydrogen (secondary N) is 2. The van der Waals surface area contributed by atoms with Crippen LogP contribution in [0.1, 0.15) is 60.2 Å². The summed E-state index contributed by atoms with van der Waals surface area (Å²) >= 11 is 0. The van der Waals surface area contributed by atoms with E-state index in [1.165, 1.54) is 37.0 Å². The number of amides is 1. The summed E-state index contributed by atoms with van der Waals surface area (Å²) in [6, 6.07) is 24.0. The third-order valence-electron chi connectivity index (χ3n) is 7.29. The topological polar surface area (TPSA) is 81.7 Å². The number of likely N-dealkylation sites (tertiary alicyclic amines) is 1. The van der Waals surface area contributed by atoms with Crippen LogP contribution in [0, 0.1) is 0 Å². The third-order valence-corrected chi connectivity index (χ3v) is 7.29. The highest BCUT2D eigenvalue weighted by Crippen LogP contribution is 2.38. The lowest BCUT2D eigenvalue weighted by molar-refractivity contribution is -0.110. The zero-order valence-electron chi connectivity index (χ0n) is 20.6. The van der Waals surface area contributed by atoms with Crippen LogP contribution < -0.4 is 10.6 Å². The van der Waals surface area contributed by atoms with Crippen LogP contribution in [-0.2, 0) is 11.3 Å². The van der Waals surface area contributed by atoms with Gasteiger partial charge in [0.1, 0.15) is 0 Å². The van der Waals surface area contributed by atoms with E-state index < -0.39 is 5.97 Å². The molecule has 3 N–H and O–H groups in total. The Balaban J connectivity index is 1.47. The molecule has 3 aromatic rings. The minimum absolute atomic E-state index is 0.137. The van der Waals surface area contributed by atoms with Gasteiger partial charge < -0.3 is 15.7 Å². The number of aromatic carboxylic acids is 1. The van der Waals surface area contributed by atoms with E-state index in [2.05, 4.69) is 53.6 Å². The number of piperidine rings is 1. The molecule has 0 bridgehead atoms. The Morgan fingerprint density at radius 2 is 1.67 bits per heavy atom. The lowest BCUT2D eigenvalue weighted by Crippen LogP contribution is -2.42. The van der Waals surface area contributed by atoms with Crippen molar-refractivity contribution < 1.29 is 14.7 Å². The van der Waals surface area contributed by atoms with Crippen molar-refractivity contribution in [2.24, 2.45) is 0 Å². The molecule has 3 aromatic carbocycles. The molecule has 184 valence electrons. The van der Waals surface area contributed by atoms with Gasteiger partial charge in [0.05, 0.1) is 22.5 Å². The van der Waals surface area contributed by atoms with E-state index in [0.29, 0.717) is 34.6 Å². The zero-order valence-corrected chi connectivity index (χ0v) is 20.6. The Morgan fingerprint density at radius 1 is 0.972 bits per heavy atom. The van der Waals surface area contributed by atoms with E-state index in [0.717, 1.165) is 17.8 Å². The predicted molar refractivity (Wildman–Crippen MR) is 144 cm³/mol. The number of fused-ring (bicyclic) bond motifs is 1. The van der Waals surface area contributed by atoms with Crippen molar-refractivity contribution in [3.05, 3.63) is 95.1 Å². The molecular weight excluding hydrogens is 450 g/mol. The number of anilines is 2. The average Bonchev–Trinajstić information content (AvgIpc) is 3.21. The normalized spacial score (nSPS) is 21.0. The molecule has 1 saturated heterocycles. The number of carbonyl (C=O) groups excluding carboxylic acids is 1. The summed E-state index contributed by atoms with van der Waals surface area (Å²) in [6.45, 7) is 5.55. The number of nitrogens with zero attached hydrogens (tertiary/aromatic N) is 1. The number of carbonyl (C=O) groups is 2. The molecule has 2 aliphatic heterocycles. The first-order valence-corrected chi connectivity index (χ1v) is 12.5. The molecule has 2 aliphatic rings. The highest BCUT2D eigenvalue weighted by Gasteiger charge is 2.29. The van der Waals surface area contributed by atoms with Crippen molar-refractivity contribution >= 4 is 34.5 Å². The number of carboxylic acid groups (broad SMARTS) is 1. The van der Waals surface area contributed by atoms with E-state index in [4.69, 9.17) is 0 Å². The van der Waals surface area contributed by atoms with E-state index in [1.807, 2.05) is 30.3 Å². The quantitative estimate of drug-likeness (QED) is 0.372. The van der Waals surface area contributed by atoms with Crippen LogP contribution >= 0.6 is 0 Å². The maximum atomic E-state index is 13.1. The lowest BCUT2D eigenvalue weighted by Gasteiger charge is -2.39. The highest BCUT2D eigenvalue weighted by atomic mass is 16.4. The van der Waals surface area contributed by atoms with Gasteiger partial charge in [0.25, 0.3) is 5.91 Å². The molecule has 0 radical (unpaired) electrons. The van der Waals surface area contributed by atoms with Crippen molar-refractivity contribution in [3.8, 4) is 0 Å². The third kappa shape index (κ3) is 4.77. The van der Waals surface area contributed by atoms with Gasteiger partial charge in [-0.3, -0.25) is 9.69 Å². The Kier molecular flexibility index (Phi) is 6.61. The van der Waals surface area contributed by atoms with Gasteiger partial charge >= 0.3 is 5.97 Å². The van der Waals surface area contributed by atoms with E-state index in [9.17, 15) is 14.7 Å². The molecule has 36 heavy (non-hydrogen) atoms. The summed E-state index contributed by atoms with van der Waals surface area (Å²) in [5.74, 6) is -1.29. The van der Waals surface area contributed by atoms with Gasteiger partial charge in [0, 0.05) is 29.9 Å². The van der Waals surface area contributed by atoms with Gasteiger partial charge in [0.15, 0.2) is 0 Å². The van der Waals surface area contributed by atoms with Crippen LogP contribution in [0.2, 0.25) is 0 Å². The fraction of sp³-hybridized carbons (Fsp3) is 0.267. The van der Waals surface area contributed by atoms with Gasteiger partial charge in [-0.15, -0.1) is 0 Å². The number of benzene rings is 3. The maximum absolute atomic E-state index is 13.1. The fourth-order valence-corrected chi connectivity index (χ4v) is 5.27. The molecule has 1 fully saturated rings. The number of hydrogen-bond donors (Lipinski definition) is 3. The molecule has 0 spiro atoms. The largest absolute Gasteiger partial charge is 0.478 e. The molecule has 6 heteroatoms. The van der Waals surface area contributed by atoms with E-state index >= 15 is 0 Å². The molecule has 6 nitrogen and oxygen atoms in total. The van der Waals surface area contributed by atoms with Crippen LogP contribution in [0.25, 0.3) is 11.3 Å². The number of carboxylic acids is 1. The smallest absolute Gasteiger partial charge is 0.335 e. The molecule has 0 aromatic heterocycles. The van der Waals surface area contributed by atoms with Crippen LogP contribution in [0.15, 0.2) is 72.8 Å². The average molecular weight is 482 g/mol. The predicted octanol–water partition coefficient (Wildman–Crippen LogP) is 6.08. The second kappa shape index (κ2) is 9.99. The fourth-order valence-electron chi connectivity index (χ4n) is 5.27. The molecule has 5 rings (SSSR count). The zero-order chi connectivity index (χ0) is 25.2. The van der Waals surface area contributed by atoms with Crippen molar-refractivity contribution in [3.63, 3.8) is 0 Å². The minimum atomic E-state index is -1.03. The van der Waals surface area contributed by atoms with Crippen molar-refractivity contribution in [2.75, 3.05) is 10.6 Å². The lowest BCUT2D eigenvalue weighted by atomic mass is 9.96. The van der Waals surface area contributed by atoms with Crippen LogP contribution in [0.5, 0.6) is 0 Å².